The number of hydrogen-bond acceptors (Lipinski definition) is 4. The lowest BCUT2D eigenvalue weighted by Crippen LogP contribution is -2.19. The normalized spacial score (nSPS) is 12.5. The number of pyridine rings is 1. The van der Waals surface area contributed by atoms with Crippen molar-refractivity contribution in [2.45, 2.75) is 26.4 Å². The van der Waals surface area contributed by atoms with Gasteiger partial charge in [-0.1, -0.05) is 6.92 Å². The summed E-state index contributed by atoms with van der Waals surface area (Å²) >= 11 is 0. The Bertz CT molecular complexity index is 301. The van der Waals surface area contributed by atoms with Crippen molar-refractivity contribution in [1.29, 1.82) is 0 Å². The fourth-order valence-electron chi connectivity index (χ4n) is 1.07. The summed E-state index contributed by atoms with van der Waals surface area (Å²) in [5, 5.41) is 12.4. The molecule has 1 rings (SSSR count). The van der Waals surface area contributed by atoms with Gasteiger partial charge in [0, 0.05) is 12.2 Å². The Morgan fingerprint density at radius 1 is 1.57 bits per heavy atom. The van der Waals surface area contributed by atoms with E-state index in [1.807, 2.05) is 26.0 Å². The van der Waals surface area contributed by atoms with E-state index >= 15 is 0 Å². The molecular weight excluding hydrogens is 178 g/mol. The first-order valence-corrected chi connectivity index (χ1v) is 4.78. The molecule has 1 aromatic heterocycles. The van der Waals surface area contributed by atoms with E-state index in [9.17, 15) is 5.11 Å². The van der Waals surface area contributed by atoms with Gasteiger partial charge in [-0.2, -0.15) is 0 Å². The van der Waals surface area contributed by atoms with Gasteiger partial charge in [-0.05, 0) is 25.5 Å². The van der Waals surface area contributed by atoms with E-state index < -0.39 is 0 Å². The van der Waals surface area contributed by atoms with Crippen molar-refractivity contribution in [2.24, 2.45) is 0 Å². The van der Waals surface area contributed by atoms with Crippen LogP contribution in [0.3, 0.4) is 0 Å². The van der Waals surface area contributed by atoms with Crippen LogP contribution in [0.15, 0.2) is 12.1 Å². The predicted octanol–water partition coefficient (Wildman–Crippen LogP) is 1.16. The van der Waals surface area contributed by atoms with Crippen molar-refractivity contribution in [2.75, 3.05) is 17.6 Å². The van der Waals surface area contributed by atoms with Gasteiger partial charge in [-0.25, -0.2) is 4.98 Å². The number of nitrogens with zero attached hydrogens (tertiary/aromatic N) is 1. The number of nitrogen functional groups attached to an aromatic ring is 1. The molecule has 1 aromatic rings. The number of nitrogens with two attached hydrogens (primary N) is 1. The minimum absolute atomic E-state index is 0.350. The van der Waals surface area contributed by atoms with Crippen LogP contribution in [0.25, 0.3) is 0 Å². The van der Waals surface area contributed by atoms with Crippen LogP contribution in [0.1, 0.15) is 19.0 Å². The average molecular weight is 195 g/mol. The lowest BCUT2D eigenvalue weighted by molar-refractivity contribution is 0.183. The van der Waals surface area contributed by atoms with Crippen LogP contribution < -0.4 is 11.1 Å². The summed E-state index contributed by atoms with van der Waals surface area (Å²) < 4.78 is 0. The third kappa shape index (κ3) is 2.88. The minimum atomic E-state index is -0.350. The Balaban J connectivity index is 2.62. The van der Waals surface area contributed by atoms with Crippen molar-refractivity contribution < 1.29 is 5.11 Å². The van der Waals surface area contributed by atoms with Crippen molar-refractivity contribution in [3.05, 3.63) is 17.8 Å². The molecular formula is C10H17N3O. The lowest BCUT2D eigenvalue weighted by atomic mass is 10.2. The quantitative estimate of drug-likeness (QED) is 0.674. The second-order valence-electron chi connectivity index (χ2n) is 3.33. The number of rotatable bonds is 4. The van der Waals surface area contributed by atoms with Crippen LogP contribution in [-0.2, 0) is 0 Å². The maximum absolute atomic E-state index is 9.35. The molecule has 1 heterocycles. The topological polar surface area (TPSA) is 71.2 Å². The standard InChI is InChI=1S/C10H17N3O/c1-3-8(14)6-12-10-9(11)5-4-7(2)13-10/h4-5,8,14H,3,6,11H2,1-2H3,(H,12,13). The van der Waals surface area contributed by atoms with Crippen LogP contribution in [0, 0.1) is 6.92 Å². The highest BCUT2D eigenvalue weighted by Crippen LogP contribution is 2.15. The molecule has 0 aromatic carbocycles. The van der Waals surface area contributed by atoms with Gasteiger partial charge in [0.1, 0.15) is 5.82 Å². The Labute approximate surface area is 84.2 Å². The van der Waals surface area contributed by atoms with Gasteiger partial charge in [-0.15, -0.1) is 0 Å². The molecule has 4 N–H and O–H groups in total. The molecule has 0 spiro atoms. The van der Waals surface area contributed by atoms with E-state index in [0.717, 1.165) is 12.1 Å². The summed E-state index contributed by atoms with van der Waals surface area (Å²) in [6.07, 6.45) is 0.371. The van der Waals surface area contributed by atoms with Gasteiger partial charge < -0.3 is 16.2 Å². The highest BCUT2D eigenvalue weighted by atomic mass is 16.3. The molecule has 78 valence electrons. The van der Waals surface area contributed by atoms with Crippen molar-refractivity contribution >= 4 is 11.5 Å². The van der Waals surface area contributed by atoms with Crippen molar-refractivity contribution in [3.8, 4) is 0 Å². The first-order chi connectivity index (χ1) is 6.63. The number of anilines is 2. The third-order valence-electron chi connectivity index (χ3n) is 2.04. The van der Waals surface area contributed by atoms with Crippen molar-refractivity contribution in [3.63, 3.8) is 0 Å². The molecule has 1 unspecified atom stereocenters. The molecule has 0 fully saturated rings. The van der Waals surface area contributed by atoms with Gasteiger partial charge in [-0.3, -0.25) is 0 Å². The van der Waals surface area contributed by atoms with Gasteiger partial charge >= 0.3 is 0 Å². The van der Waals surface area contributed by atoms with E-state index in [1.54, 1.807) is 0 Å². The van der Waals surface area contributed by atoms with Crippen LogP contribution in [-0.4, -0.2) is 22.7 Å². The number of aliphatic hydroxyl groups is 1. The Morgan fingerprint density at radius 2 is 2.29 bits per heavy atom. The zero-order valence-electron chi connectivity index (χ0n) is 8.62. The van der Waals surface area contributed by atoms with Gasteiger partial charge in [0.05, 0.1) is 11.8 Å². The second-order valence-corrected chi connectivity index (χ2v) is 3.33. The largest absolute Gasteiger partial charge is 0.396 e. The molecule has 0 saturated heterocycles. The second kappa shape index (κ2) is 4.81. The van der Waals surface area contributed by atoms with Crippen LogP contribution in [0.5, 0.6) is 0 Å². The lowest BCUT2D eigenvalue weighted by Gasteiger charge is -2.11. The molecule has 0 bridgehead atoms. The third-order valence-corrected chi connectivity index (χ3v) is 2.04. The van der Waals surface area contributed by atoms with Gasteiger partial charge in [0.2, 0.25) is 0 Å². The zero-order valence-corrected chi connectivity index (χ0v) is 8.62. The Morgan fingerprint density at radius 3 is 2.93 bits per heavy atom. The fraction of sp³-hybridized carbons (Fsp3) is 0.500. The Kier molecular flexibility index (Phi) is 3.71. The maximum atomic E-state index is 9.35. The predicted molar refractivity (Wildman–Crippen MR) is 58.2 cm³/mol. The summed E-state index contributed by atoms with van der Waals surface area (Å²) in [5.41, 5.74) is 7.23. The minimum Gasteiger partial charge on any atom is -0.396 e. The zero-order chi connectivity index (χ0) is 10.6. The summed E-state index contributed by atoms with van der Waals surface area (Å²) in [6, 6.07) is 3.67. The molecule has 4 nitrogen and oxygen atoms in total. The molecule has 4 heteroatoms. The van der Waals surface area contributed by atoms with Crippen molar-refractivity contribution in [1.82, 2.24) is 4.98 Å². The number of hydrogen-bond donors (Lipinski definition) is 3. The molecule has 0 amide bonds. The first-order valence-electron chi connectivity index (χ1n) is 4.78. The van der Waals surface area contributed by atoms with Crippen LogP contribution in [0.2, 0.25) is 0 Å². The number of aromatic nitrogens is 1. The molecule has 0 aliphatic carbocycles. The molecule has 0 aliphatic heterocycles. The van der Waals surface area contributed by atoms with Crippen LogP contribution >= 0.6 is 0 Å². The van der Waals surface area contributed by atoms with E-state index in [-0.39, 0.29) is 6.10 Å². The monoisotopic (exact) mass is 195 g/mol. The molecule has 0 aliphatic rings. The smallest absolute Gasteiger partial charge is 0.149 e. The van der Waals surface area contributed by atoms with E-state index in [4.69, 9.17) is 5.73 Å². The highest BCUT2D eigenvalue weighted by Gasteiger charge is 2.03. The van der Waals surface area contributed by atoms with Crippen LogP contribution in [0.4, 0.5) is 11.5 Å². The average Bonchev–Trinajstić information content (AvgIpc) is 2.19. The highest BCUT2D eigenvalue weighted by molar-refractivity contribution is 5.61. The summed E-state index contributed by atoms with van der Waals surface area (Å²) in [4.78, 5) is 4.23. The van der Waals surface area contributed by atoms with E-state index in [1.165, 1.54) is 0 Å². The van der Waals surface area contributed by atoms with Gasteiger partial charge in [0.15, 0.2) is 0 Å². The SMILES string of the molecule is CCC(O)CNc1nc(C)ccc1N. The fourth-order valence-corrected chi connectivity index (χ4v) is 1.07. The van der Waals surface area contributed by atoms with E-state index in [2.05, 4.69) is 10.3 Å². The molecule has 1 atom stereocenters. The number of aryl methyl sites for hydroxylation is 1. The first kappa shape index (κ1) is 10.8. The maximum Gasteiger partial charge on any atom is 0.149 e. The number of aliphatic hydroxyl groups excluding tert-OH is 1. The molecule has 0 radical (unpaired) electrons. The summed E-state index contributed by atoms with van der Waals surface area (Å²) in [6.45, 7) is 4.32. The molecule has 14 heavy (non-hydrogen) atoms. The number of nitrogens with one attached hydrogen (secondary N) is 1. The van der Waals surface area contributed by atoms with Gasteiger partial charge in [0.25, 0.3) is 0 Å². The summed E-state index contributed by atoms with van der Waals surface area (Å²) in [5.74, 6) is 0.650. The van der Waals surface area contributed by atoms with E-state index in [0.29, 0.717) is 18.1 Å². The summed E-state index contributed by atoms with van der Waals surface area (Å²) in [7, 11) is 0. The Hall–Kier alpha value is -1.29. The molecule has 0 saturated carbocycles.